The highest BCUT2D eigenvalue weighted by atomic mass is 79.9. The Balaban J connectivity index is 2.10. The third-order valence-electron chi connectivity index (χ3n) is 4.40. The molecule has 0 radical (unpaired) electrons. The topological polar surface area (TPSA) is 78.5 Å². The van der Waals surface area contributed by atoms with Gasteiger partial charge in [-0.25, -0.2) is 4.79 Å². The summed E-state index contributed by atoms with van der Waals surface area (Å²) in [6.45, 7) is 9.94. The molecule has 0 aromatic carbocycles. The number of carbonyl (C=O) groups is 3. The Hall–Kier alpha value is -1.37. The summed E-state index contributed by atoms with van der Waals surface area (Å²) in [5.74, 6) is -0.322. The molecule has 2 aliphatic rings. The molecule has 0 unspecified atom stereocenters. The van der Waals surface area contributed by atoms with E-state index in [2.05, 4.69) is 53.9 Å². The van der Waals surface area contributed by atoms with E-state index >= 15 is 0 Å². The summed E-state index contributed by atoms with van der Waals surface area (Å²) in [6, 6.07) is -0.479. The lowest BCUT2D eigenvalue weighted by atomic mass is 9.64. The zero-order valence-corrected chi connectivity index (χ0v) is 15.5. The van der Waals surface area contributed by atoms with Crippen LogP contribution in [0, 0.1) is 11.3 Å². The Bertz CT molecular complexity index is 561. The molecule has 0 bridgehead atoms. The molecule has 6 nitrogen and oxygen atoms in total. The fourth-order valence-electron chi connectivity index (χ4n) is 4.04. The maximum Gasteiger partial charge on any atom is 0.325 e. The monoisotopic (exact) mass is 385 g/mol. The van der Waals surface area contributed by atoms with Gasteiger partial charge >= 0.3 is 6.03 Å². The van der Waals surface area contributed by atoms with Crippen molar-refractivity contribution < 1.29 is 14.4 Å². The molecule has 2 N–H and O–H groups in total. The van der Waals surface area contributed by atoms with Crippen molar-refractivity contribution in [1.82, 2.24) is 15.5 Å². The van der Waals surface area contributed by atoms with E-state index in [1.54, 1.807) is 0 Å². The van der Waals surface area contributed by atoms with Crippen LogP contribution in [0.5, 0.6) is 0 Å². The zero-order chi connectivity index (χ0) is 17.4. The first-order valence-electron chi connectivity index (χ1n) is 7.79. The molecule has 2 rings (SSSR count). The van der Waals surface area contributed by atoms with Crippen molar-refractivity contribution in [3.8, 4) is 0 Å². The smallest absolute Gasteiger partial charge is 0.325 e. The molecule has 1 spiro atoms. The molecule has 0 aromatic heterocycles. The number of urea groups is 1. The Labute approximate surface area is 145 Å². The average molecular weight is 386 g/mol. The molecule has 128 valence electrons. The molecule has 2 fully saturated rings. The molecular formula is C16H24BrN3O3. The lowest BCUT2D eigenvalue weighted by Gasteiger charge is -2.43. The molecule has 1 saturated heterocycles. The van der Waals surface area contributed by atoms with Crippen LogP contribution in [0.4, 0.5) is 4.79 Å². The summed E-state index contributed by atoms with van der Waals surface area (Å²) >= 11 is 3.15. The number of amides is 4. The summed E-state index contributed by atoms with van der Waals surface area (Å²) in [5.41, 5.74) is -0.885. The number of imide groups is 1. The standard InChI is InChI=1S/C16H24BrN3O3/c1-10-5-15(3,4)9-16(6-10)13(22)20(14(23)19-16)8-12(21)18-7-11(2)17/h10H,2,5-9H2,1,3-4H3,(H,18,21)(H,19,23)/t10-,16-/m0/s1. The molecule has 1 heterocycles. The fourth-order valence-corrected chi connectivity index (χ4v) is 4.18. The first-order chi connectivity index (χ1) is 10.5. The van der Waals surface area contributed by atoms with Crippen molar-refractivity contribution in [3.05, 3.63) is 11.1 Å². The van der Waals surface area contributed by atoms with E-state index in [4.69, 9.17) is 0 Å². The van der Waals surface area contributed by atoms with Crippen LogP contribution in [-0.2, 0) is 9.59 Å². The van der Waals surface area contributed by atoms with Gasteiger partial charge in [-0.1, -0.05) is 43.3 Å². The van der Waals surface area contributed by atoms with Crippen molar-refractivity contribution in [1.29, 1.82) is 0 Å². The zero-order valence-electron chi connectivity index (χ0n) is 13.9. The van der Waals surface area contributed by atoms with Crippen LogP contribution in [0.2, 0.25) is 0 Å². The fraction of sp³-hybridized carbons (Fsp3) is 0.688. The SMILES string of the molecule is C=C(Br)CNC(=O)CN1C(=O)N[C@]2(C[C@@H](C)CC(C)(C)C2)C1=O. The van der Waals surface area contributed by atoms with Crippen LogP contribution in [0.25, 0.3) is 0 Å². The molecule has 1 aliphatic heterocycles. The minimum atomic E-state index is -0.864. The number of hydrogen-bond acceptors (Lipinski definition) is 3. The molecule has 1 saturated carbocycles. The summed E-state index contributed by atoms with van der Waals surface area (Å²) < 4.78 is 0.627. The van der Waals surface area contributed by atoms with Crippen LogP contribution >= 0.6 is 15.9 Å². The number of nitrogens with zero attached hydrogens (tertiary/aromatic N) is 1. The van der Waals surface area contributed by atoms with Gasteiger partial charge in [-0.3, -0.25) is 14.5 Å². The number of nitrogens with one attached hydrogen (secondary N) is 2. The highest BCUT2D eigenvalue weighted by Gasteiger charge is 2.56. The van der Waals surface area contributed by atoms with Gasteiger partial charge in [-0.05, 0) is 30.6 Å². The van der Waals surface area contributed by atoms with E-state index in [0.717, 1.165) is 11.3 Å². The first-order valence-corrected chi connectivity index (χ1v) is 8.58. The predicted molar refractivity (Wildman–Crippen MR) is 90.8 cm³/mol. The minimum absolute atomic E-state index is 0.0213. The van der Waals surface area contributed by atoms with Crippen molar-refractivity contribution in [3.63, 3.8) is 0 Å². The summed E-state index contributed by atoms with van der Waals surface area (Å²) in [6.07, 6.45) is 2.24. The molecule has 4 amide bonds. The second-order valence-electron chi connectivity index (χ2n) is 7.55. The van der Waals surface area contributed by atoms with Crippen molar-refractivity contribution >= 4 is 33.8 Å². The predicted octanol–water partition coefficient (Wildman–Crippen LogP) is 2.15. The van der Waals surface area contributed by atoms with Gasteiger partial charge in [0.05, 0.1) is 0 Å². The lowest BCUT2D eigenvalue weighted by molar-refractivity contribution is -0.137. The van der Waals surface area contributed by atoms with E-state index in [9.17, 15) is 14.4 Å². The number of halogens is 1. The number of rotatable bonds is 4. The van der Waals surface area contributed by atoms with Gasteiger partial charge < -0.3 is 10.6 Å². The molecule has 2 atom stereocenters. The Morgan fingerprint density at radius 3 is 2.65 bits per heavy atom. The molecule has 0 aromatic rings. The second-order valence-corrected chi connectivity index (χ2v) is 8.67. The van der Waals surface area contributed by atoms with Crippen LogP contribution < -0.4 is 10.6 Å². The summed E-state index contributed by atoms with van der Waals surface area (Å²) in [7, 11) is 0. The third kappa shape index (κ3) is 3.94. The van der Waals surface area contributed by atoms with Gasteiger partial charge in [0.1, 0.15) is 12.1 Å². The first kappa shape index (κ1) is 18.0. The van der Waals surface area contributed by atoms with Gasteiger partial charge in [0.15, 0.2) is 0 Å². The lowest BCUT2D eigenvalue weighted by Crippen LogP contribution is -2.54. The quantitative estimate of drug-likeness (QED) is 0.727. The van der Waals surface area contributed by atoms with Gasteiger partial charge in [0.25, 0.3) is 5.91 Å². The molecular weight excluding hydrogens is 362 g/mol. The largest absolute Gasteiger partial charge is 0.350 e. The van der Waals surface area contributed by atoms with Crippen molar-refractivity contribution in [2.45, 2.75) is 45.6 Å². The minimum Gasteiger partial charge on any atom is -0.350 e. The van der Waals surface area contributed by atoms with Gasteiger partial charge in [0, 0.05) is 11.0 Å². The van der Waals surface area contributed by atoms with Crippen molar-refractivity contribution in [2.75, 3.05) is 13.1 Å². The summed E-state index contributed by atoms with van der Waals surface area (Å²) in [5, 5.41) is 5.46. The number of hydrogen-bond donors (Lipinski definition) is 2. The maximum absolute atomic E-state index is 12.8. The van der Waals surface area contributed by atoms with E-state index in [1.165, 1.54) is 0 Å². The molecule has 23 heavy (non-hydrogen) atoms. The highest BCUT2D eigenvalue weighted by Crippen LogP contribution is 2.46. The average Bonchev–Trinajstić information content (AvgIpc) is 2.58. The van der Waals surface area contributed by atoms with Gasteiger partial charge in [-0.15, -0.1) is 0 Å². The van der Waals surface area contributed by atoms with E-state index in [1.807, 2.05) is 0 Å². The summed E-state index contributed by atoms with van der Waals surface area (Å²) in [4.78, 5) is 38.0. The van der Waals surface area contributed by atoms with Crippen LogP contribution in [-0.4, -0.2) is 41.4 Å². The normalized spacial score (nSPS) is 29.6. The number of carbonyl (C=O) groups excluding carboxylic acids is 3. The van der Waals surface area contributed by atoms with Crippen LogP contribution in [0.3, 0.4) is 0 Å². The molecule has 7 heteroatoms. The van der Waals surface area contributed by atoms with Crippen LogP contribution in [0.1, 0.15) is 40.0 Å². The highest BCUT2D eigenvalue weighted by molar-refractivity contribution is 9.11. The Morgan fingerprint density at radius 2 is 2.09 bits per heavy atom. The molecule has 1 aliphatic carbocycles. The second kappa shape index (κ2) is 6.26. The van der Waals surface area contributed by atoms with Crippen molar-refractivity contribution in [2.24, 2.45) is 11.3 Å². The van der Waals surface area contributed by atoms with Gasteiger partial charge in [0.2, 0.25) is 5.91 Å². The Kier molecular flexibility index (Phi) is 4.89. The van der Waals surface area contributed by atoms with E-state index < -0.39 is 11.6 Å². The van der Waals surface area contributed by atoms with Crippen LogP contribution in [0.15, 0.2) is 11.1 Å². The Morgan fingerprint density at radius 1 is 1.43 bits per heavy atom. The maximum atomic E-state index is 12.8. The van der Waals surface area contributed by atoms with E-state index in [0.29, 0.717) is 23.2 Å². The van der Waals surface area contributed by atoms with E-state index in [-0.39, 0.29) is 30.3 Å². The third-order valence-corrected chi connectivity index (χ3v) is 4.68. The van der Waals surface area contributed by atoms with Gasteiger partial charge in [-0.2, -0.15) is 0 Å².